The van der Waals surface area contributed by atoms with Gasteiger partial charge in [0.25, 0.3) is 5.91 Å². The van der Waals surface area contributed by atoms with E-state index in [2.05, 4.69) is 0 Å². The van der Waals surface area contributed by atoms with Crippen LogP contribution in [0.1, 0.15) is 19.4 Å². The summed E-state index contributed by atoms with van der Waals surface area (Å²) in [6.07, 6.45) is -4.62. The number of benzene rings is 1. The molecule has 0 unspecified atom stereocenters. The summed E-state index contributed by atoms with van der Waals surface area (Å²) >= 11 is 0. The van der Waals surface area contributed by atoms with Crippen molar-refractivity contribution in [2.24, 2.45) is 0 Å². The lowest BCUT2D eigenvalue weighted by atomic mass is 10.1. The Hall–Kier alpha value is -2.05. The van der Waals surface area contributed by atoms with Crippen molar-refractivity contribution in [2.45, 2.75) is 26.1 Å². The summed E-state index contributed by atoms with van der Waals surface area (Å²) in [6.45, 7) is 3.19. The molecule has 1 aromatic carbocycles. The van der Waals surface area contributed by atoms with E-state index in [-0.39, 0.29) is 12.6 Å². The topological polar surface area (TPSA) is 40.6 Å². The molecule has 1 aliphatic heterocycles. The molecule has 2 rings (SSSR count). The second-order valence-corrected chi connectivity index (χ2v) is 4.75. The van der Waals surface area contributed by atoms with Gasteiger partial charge >= 0.3 is 12.2 Å². The highest BCUT2D eigenvalue weighted by Gasteiger charge is 2.43. The van der Waals surface area contributed by atoms with Gasteiger partial charge < -0.3 is 4.90 Å². The first kappa shape index (κ1) is 14.4. The van der Waals surface area contributed by atoms with Crippen molar-refractivity contribution in [3.8, 4) is 0 Å². The highest BCUT2D eigenvalue weighted by Crippen LogP contribution is 2.37. The number of para-hydroxylation sites is 1. The lowest BCUT2D eigenvalue weighted by Gasteiger charge is -2.22. The van der Waals surface area contributed by atoms with Crippen molar-refractivity contribution in [3.63, 3.8) is 0 Å². The predicted molar refractivity (Wildman–Crippen MR) is 66.2 cm³/mol. The van der Waals surface area contributed by atoms with Crippen LogP contribution in [0, 0.1) is 0 Å². The maximum atomic E-state index is 12.9. The van der Waals surface area contributed by atoms with E-state index in [1.165, 1.54) is 17.0 Å². The van der Waals surface area contributed by atoms with E-state index in [0.29, 0.717) is 4.90 Å². The average molecular weight is 286 g/mol. The van der Waals surface area contributed by atoms with Gasteiger partial charge in [-0.15, -0.1) is 0 Å². The zero-order chi connectivity index (χ0) is 15.1. The molecule has 0 saturated carbocycles. The van der Waals surface area contributed by atoms with Gasteiger partial charge in [-0.25, -0.2) is 9.69 Å². The number of imide groups is 1. The van der Waals surface area contributed by atoms with Gasteiger partial charge in [-0.2, -0.15) is 13.2 Å². The summed E-state index contributed by atoms with van der Waals surface area (Å²) in [7, 11) is 0. The molecule has 20 heavy (non-hydrogen) atoms. The van der Waals surface area contributed by atoms with Crippen molar-refractivity contribution < 1.29 is 22.8 Å². The summed E-state index contributed by atoms with van der Waals surface area (Å²) in [5.41, 5.74) is -1.41. The van der Waals surface area contributed by atoms with E-state index in [1.807, 2.05) is 0 Å². The molecule has 0 radical (unpaired) electrons. The molecule has 108 valence electrons. The number of urea groups is 1. The van der Waals surface area contributed by atoms with Gasteiger partial charge in [-0.1, -0.05) is 12.1 Å². The van der Waals surface area contributed by atoms with Crippen molar-refractivity contribution in [1.82, 2.24) is 4.90 Å². The van der Waals surface area contributed by atoms with Crippen LogP contribution < -0.4 is 4.90 Å². The Kier molecular flexibility index (Phi) is 3.45. The smallest absolute Gasteiger partial charge is 0.312 e. The van der Waals surface area contributed by atoms with Gasteiger partial charge in [0.15, 0.2) is 0 Å². The summed E-state index contributed by atoms with van der Waals surface area (Å²) in [5, 5.41) is 0. The molecular weight excluding hydrogens is 273 g/mol. The maximum absolute atomic E-state index is 12.9. The highest BCUT2D eigenvalue weighted by atomic mass is 19.4. The first-order chi connectivity index (χ1) is 9.23. The molecular formula is C13H13F3N2O2. The number of amides is 3. The van der Waals surface area contributed by atoms with E-state index >= 15 is 0 Å². The average Bonchev–Trinajstić information content (AvgIpc) is 2.64. The molecule has 0 spiro atoms. The predicted octanol–water partition coefficient (Wildman–Crippen LogP) is 2.88. The zero-order valence-electron chi connectivity index (χ0n) is 10.9. The number of carbonyl (C=O) groups excluding carboxylic acids is 2. The summed E-state index contributed by atoms with van der Waals surface area (Å²) in [6, 6.07) is 3.59. The van der Waals surface area contributed by atoms with Gasteiger partial charge in [-0.05, 0) is 26.0 Å². The first-order valence-electron chi connectivity index (χ1n) is 6.03. The van der Waals surface area contributed by atoms with Gasteiger partial charge in [-0.3, -0.25) is 4.79 Å². The van der Waals surface area contributed by atoms with Gasteiger partial charge in [0.05, 0.1) is 11.3 Å². The fourth-order valence-corrected chi connectivity index (χ4v) is 2.07. The number of alkyl halides is 3. The lowest BCUT2D eigenvalue weighted by molar-refractivity contribution is -0.137. The van der Waals surface area contributed by atoms with Crippen LogP contribution in [0.4, 0.5) is 23.7 Å². The van der Waals surface area contributed by atoms with Crippen LogP contribution in [-0.2, 0) is 11.0 Å². The van der Waals surface area contributed by atoms with Crippen molar-refractivity contribution in [3.05, 3.63) is 29.8 Å². The largest absolute Gasteiger partial charge is 0.418 e. The second kappa shape index (κ2) is 4.81. The zero-order valence-corrected chi connectivity index (χ0v) is 10.9. The molecule has 4 nitrogen and oxygen atoms in total. The van der Waals surface area contributed by atoms with Crippen molar-refractivity contribution in [2.75, 3.05) is 11.4 Å². The Morgan fingerprint density at radius 1 is 1.15 bits per heavy atom. The number of rotatable bonds is 2. The normalized spacial score (nSPS) is 16.5. The number of anilines is 1. The summed E-state index contributed by atoms with van der Waals surface area (Å²) in [5.74, 6) is -0.652. The third kappa shape index (κ3) is 2.35. The molecule has 3 amide bonds. The van der Waals surface area contributed by atoms with Crippen molar-refractivity contribution >= 4 is 17.6 Å². The summed E-state index contributed by atoms with van der Waals surface area (Å²) in [4.78, 5) is 25.8. The molecule has 0 atom stereocenters. The minimum atomic E-state index is -4.62. The first-order valence-corrected chi connectivity index (χ1v) is 6.03. The number of nitrogens with zero attached hydrogens (tertiary/aromatic N) is 2. The number of halogens is 3. The van der Waals surface area contributed by atoms with Crippen LogP contribution in [0.5, 0.6) is 0 Å². The molecule has 1 heterocycles. The quantitative estimate of drug-likeness (QED) is 0.784. The van der Waals surface area contributed by atoms with Crippen LogP contribution >= 0.6 is 0 Å². The Bertz CT molecular complexity index is 555. The Labute approximate surface area is 113 Å². The Morgan fingerprint density at radius 3 is 2.25 bits per heavy atom. The third-order valence-electron chi connectivity index (χ3n) is 3.07. The van der Waals surface area contributed by atoms with E-state index < -0.39 is 29.4 Å². The Balaban J connectivity index is 2.48. The van der Waals surface area contributed by atoms with Crippen molar-refractivity contribution in [1.29, 1.82) is 0 Å². The summed E-state index contributed by atoms with van der Waals surface area (Å²) < 4.78 is 38.8. The van der Waals surface area contributed by atoms with Crippen LogP contribution in [0.3, 0.4) is 0 Å². The lowest BCUT2D eigenvalue weighted by Crippen LogP contribution is -2.37. The molecule has 1 aliphatic rings. The third-order valence-corrected chi connectivity index (χ3v) is 3.07. The molecule has 1 aromatic rings. The molecule has 0 N–H and O–H groups in total. The number of hydrogen-bond acceptors (Lipinski definition) is 2. The van der Waals surface area contributed by atoms with Crippen LogP contribution in [0.2, 0.25) is 0 Å². The second-order valence-electron chi connectivity index (χ2n) is 4.75. The van der Waals surface area contributed by atoms with Crippen LogP contribution in [0.25, 0.3) is 0 Å². The molecule has 0 aromatic heterocycles. The van der Waals surface area contributed by atoms with E-state index in [4.69, 9.17) is 0 Å². The highest BCUT2D eigenvalue weighted by molar-refractivity contribution is 6.20. The van der Waals surface area contributed by atoms with Gasteiger partial charge in [0.2, 0.25) is 0 Å². The Morgan fingerprint density at radius 2 is 1.75 bits per heavy atom. The van der Waals surface area contributed by atoms with Gasteiger partial charge in [0, 0.05) is 6.04 Å². The number of carbonyl (C=O) groups is 2. The minimum Gasteiger partial charge on any atom is -0.312 e. The fourth-order valence-electron chi connectivity index (χ4n) is 2.07. The van der Waals surface area contributed by atoms with E-state index in [1.54, 1.807) is 13.8 Å². The monoisotopic (exact) mass is 286 g/mol. The maximum Gasteiger partial charge on any atom is 0.418 e. The van der Waals surface area contributed by atoms with Gasteiger partial charge in [0.1, 0.15) is 6.54 Å². The molecule has 7 heteroatoms. The fraction of sp³-hybridized carbons (Fsp3) is 0.385. The molecule has 0 bridgehead atoms. The standard InChI is InChI=1S/C13H13F3N2O2/c1-8(2)17-7-11(19)18(12(17)20)10-6-4-3-5-9(10)13(14,15)16/h3-6,8H,7H2,1-2H3. The molecule has 0 aliphatic carbocycles. The molecule has 1 saturated heterocycles. The number of hydrogen-bond donors (Lipinski definition) is 0. The minimum absolute atomic E-state index is 0.206. The van der Waals surface area contributed by atoms with Crippen LogP contribution in [-0.4, -0.2) is 29.4 Å². The SMILES string of the molecule is CC(C)N1CC(=O)N(c2ccccc2C(F)(F)F)C1=O. The molecule has 1 fully saturated rings. The van der Waals surface area contributed by atoms with E-state index in [0.717, 1.165) is 12.1 Å². The van der Waals surface area contributed by atoms with E-state index in [9.17, 15) is 22.8 Å². The van der Waals surface area contributed by atoms with Crippen LogP contribution in [0.15, 0.2) is 24.3 Å².